The van der Waals surface area contributed by atoms with Crippen LogP contribution in [0.1, 0.15) is 67.7 Å². The number of hydrogen-bond acceptors (Lipinski definition) is 12. The van der Waals surface area contributed by atoms with Crippen molar-refractivity contribution in [3.8, 4) is 11.5 Å². The van der Waals surface area contributed by atoms with Crippen LogP contribution in [-0.2, 0) is 10.1 Å². The summed E-state index contributed by atoms with van der Waals surface area (Å²) >= 11 is 6.32. The first-order valence-corrected chi connectivity index (χ1v) is 17.8. The van der Waals surface area contributed by atoms with Gasteiger partial charge in [-0.1, -0.05) is 45.4 Å². The fourth-order valence-electron chi connectivity index (χ4n) is 5.33. The molecular formula is C33H30Br2N2O12S. The van der Waals surface area contributed by atoms with Gasteiger partial charge in [0.15, 0.2) is 5.75 Å². The number of benzene rings is 3. The second kappa shape index (κ2) is 14.3. The van der Waals surface area contributed by atoms with E-state index in [1.165, 1.54) is 12.1 Å². The molecule has 3 aromatic carbocycles. The van der Waals surface area contributed by atoms with Crippen LogP contribution < -0.4 is 15.0 Å². The van der Waals surface area contributed by atoms with Crippen molar-refractivity contribution < 1.29 is 36.4 Å². The summed E-state index contributed by atoms with van der Waals surface area (Å²) in [6.45, 7) is 12.2. The Morgan fingerprint density at radius 1 is 0.760 bits per heavy atom. The zero-order chi connectivity index (χ0) is 37.6. The summed E-state index contributed by atoms with van der Waals surface area (Å²) < 4.78 is 42.8. The van der Waals surface area contributed by atoms with Crippen LogP contribution in [0.25, 0.3) is 21.9 Å². The van der Waals surface area contributed by atoms with Crippen LogP contribution in [0.5, 0.6) is 11.5 Å². The number of nitro benzene ring substituents is 2. The maximum absolute atomic E-state index is 13.0. The van der Waals surface area contributed by atoms with Gasteiger partial charge >= 0.3 is 21.5 Å². The number of halogens is 2. The van der Waals surface area contributed by atoms with Crippen LogP contribution in [0, 0.1) is 41.0 Å². The topological polar surface area (TPSA) is 210 Å². The molecule has 0 saturated heterocycles. The van der Waals surface area contributed by atoms with E-state index in [4.69, 9.17) is 13.0 Å². The number of phenolic OH excluding ortho intramolecular Hbond substituents is 1. The number of hydrogen-bond donors (Lipinski definition) is 1. The number of nitro groups is 2. The minimum absolute atomic E-state index is 0.0563. The molecule has 2 heterocycles. The highest BCUT2D eigenvalue weighted by molar-refractivity contribution is 9.10. The molecule has 2 aromatic heterocycles. The molecule has 1 N–H and O–H groups in total. The first-order valence-electron chi connectivity index (χ1n) is 14.8. The Hall–Kier alpha value is -4.61. The Morgan fingerprint density at radius 3 is 1.60 bits per heavy atom. The number of rotatable bonds is 7. The van der Waals surface area contributed by atoms with Gasteiger partial charge in [-0.3, -0.25) is 29.8 Å². The van der Waals surface area contributed by atoms with Gasteiger partial charge in [0.2, 0.25) is 27.8 Å². The molecule has 0 atom stereocenters. The van der Waals surface area contributed by atoms with Crippen molar-refractivity contribution in [3.63, 3.8) is 0 Å². The Bertz CT molecular complexity index is 2430. The summed E-state index contributed by atoms with van der Waals surface area (Å²) in [5.74, 6) is -0.919. The molecule has 14 nitrogen and oxygen atoms in total. The summed E-state index contributed by atoms with van der Waals surface area (Å²) in [6.07, 6.45) is 0. The largest absolute Gasteiger partial charge is 0.502 e. The molecule has 0 bridgehead atoms. The highest BCUT2D eigenvalue weighted by atomic mass is 79.9. The van der Waals surface area contributed by atoms with Gasteiger partial charge in [-0.05, 0) is 88.0 Å². The van der Waals surface area contributed by atoms with Crippen molar-refractivity contribution in [2.45, 2.75) is 65.2 Å². The zero-order valence-corrected chi connectivity index (χ0v) is 31.6. The van der Waals surface area contributed by atoms with Gasteiger partial charge in [-0.25, -0.2) is 0 Å². The van der Waals surface area contributed by atoms with Crippen LogP contribution in [-0.4, -0.2) is 23.4 Å². The standard InChI is InChI=1S/C21H20BrNO7S.C12H10BrNO5/c1-10(2)19-16(22)18(24)14-6-7-15(17(23(25)26)20(14)29-19)30-31(27,28)21-12(4)8-11(3)9-13(21)5;1-5(2)11-8(13)10(16)6-3-4-7(15)9(14(17)18)12(6)19-11/h6-10H,1-5H3;3-5,15H,1-2H3. The molecule has 0 unspecified atom stereocenters. The zero-order valence-electron chi connectivity index (χ0n) is 27.6. The van der Waals surface area contributed by atoms with E-state index in [-0.39, 0.29) is 53.4 Å². The van der Waals surface area contributed by atoms with E-state index in [9.17, 15) is 43.3 Å². The molecule has 0 spiro atoms. The van der Waals surface area contributed by atoms with Gasteiger partial charge in [0.1, 0.15) is 25.4 Å². The molecule has 50 heavy (non-hydrogen) atoms. The number of aryl methyl sites for hydroxylation is 3. The van der Waals surface area contributed by atoms with Crippen molar-refractivity contribution in [2.75, 3.05) is 0 Å². The van der Waals surface area contributed by atoms with Crippen LogP contribution in [0.4, 0.5) is 11.4 Å². The number of aromatic hydroxyl groups is 1. The van der Waals surface area contributed by atoms with E-state index in [1.54, 1.807) is 53.7 Å². The van der Waals surface area contributed by atoms with Crippen LogP contribution in [0.2, 0.25) is 0 Å². The summed E-state index contributed by atoms with van der Waals surface area (Å²) in [5.41, 5.74) is -0.968. The minimum Gasteiger partial charge on any atom is -0.502 e. The minimum atomic E-state index is -4.39. The average molecular weight is 838 g/mol. The van der Waals surface area contributed by atoms with Gasteiger partial charge in [0.25, 0.3) is 0 Å². The molecule has 0 aliphatic heterocycles. The van der Waals surface area contributed by atoms with Crippen molar-refractivity contribution in [3.05, 3.63) is 114 Å². The fourth-order valence-corrected chi connectivity index (χ4v) is 8.19. The number of fused-ring (bicyclic) bond motifs is 2. The lowest BCUT2D eigenvalue weighted by atomic mass is 10.1. The van der Waals surface area contributed by atoms with Crippen molar-refractivity contribution in [2.24, 2.45) is 0 Å². The summed E-state index contributed by atoms with van der Waals surface area (Å²) in [6, 6.07) is 8.13. The van der Waals surface area contributed by atoms with E-state index in [0.717, 1.165) is 17.7 Å². The number of nitrogens with zero attached hydrogens (tertiary/aromatic N) is 2. The lowest BCUT2D eigenvalue weighted by Gasteiger charge is -2.14. The maximum Gasteiger partial charge on any atom is 0.355 e. The van der Waals surface area contributed by atoms with Gasteiger partial charge in [-0.2, -0.15) is 8.42 Å². The van der Waals surface area contributed by atoms with Gasteiger partial charge in [0, 0.05) is 11.8 Å². The SMILES string of the molecule is CC(C)c1oc2c([N+](=O)[O-])c(O)ccc2c(=O)c1Br.Cc1cc(C)c(S(=O)(=O)Oc2ccc3c(=O)c(Br)c(C(C)C)oc3c2[N+](=O)[O-])c(C)c1. The van der Waals surface area contributed by atoms with E-state index >= 15 is 0 Å². The van der Waals surface area contributed by atoms with E-state index in [1.807, 2.05) is 6.92 Å². The molecule has 17 heteroatoms. The first kappa shape index (κ1) is 38.2. The second-order valence-corrected chi connectivity index (χ2v) is 15.0. The molecular weight excluding hydrogens is 808 g/mol. The average Bonchev–Trinajstić information content (AvgIpc) is 2.99. The predicted molar refractivity (Wildman–Crippen MR) is 192 cm³/mol. The Morgan fingerprint density at radius 2 is 1.18 bits per heavy atom. The number of phenols is 1. The molecule has 0 amide bonds. The van der Waals surface area contributed by atoms with E-state index < -0.39 is 53.7 Å². The predicted octanol–water partition coefficient (Wildman–Crippen LogP) is 8.57. The lowest BCUT2D eigenvalue weighted by Crippen LogP contribution is -2.15. The summed E-state index contributed by atoms with van der Waals surface area (Å²) in [7, 11) is -4.39. The molecule has 0 radical (unpaired) electrons. The highest BCUT2D eigenvalue weighted by Crippen LogP contribution is 2.39. The highest BCUT2D eigenvalue weighted by Gasteiger charge is 2.31. The monoisotopic (exact) mass is 836 g/mol. The van der Waals surface area contributed by atoms with Gasteiger partial charge in [-0.15, -0.1) is 0 Å². The molecule has 0 aliphatic carbocycles. The van der Waals surface area contributed by atoms with Crippen LogP contribution >= 0.6 is 31.9 Å². The summed E-state index contributed by atoms with van der Waals surface area (Å²) in [5, 5.41) is 32.4. The maximum atomic E-state index is 13.0. The molecule has 0 saturated carbocycles. The molecule has 264 valence electrons. The second-order valence-electron chi connectivity index (χ2n) is 11.9. The van der Waals surface area contributed by atoms with Gasteiger partial charge < -0.3 is 18.1 Å². The summed E-state index contributed by atoms with van der Waals surface area (Å²) in [4.78, 5) is 46.0. The lowest BCUT2D eigenvalue weighted by molar-refractivity contribution is -0.384. The van der Waals surface area contributed by atoms with Crippen LogP contribution in [0.15, 0.2) is 68.7 Å². The third-order valence-corrected chi connectivity index (χ3v) is 10.5. The van der Waals surface area contributed by atoms with E-state index in [2.05, 4.69) is 31.9 Å². The quantitative estimate of drug-likeness (QED) is 0.0928. The first-order chi connectivity index (χ1) is 23.2. The van der Waals surface area contributed by atoms with Crippen molar-refractivity contribution in [1.82, 2.24) is 0 Å². The smallest absolute Gasteiger partial charge is 0.355 e. The Kier molecular flexibility index (Phi) is 10.9. The Labute approximate surface area is 301 Å². The fraction of sp³-hybridized carbons (Fsp3) is 0.273. The Balaban J connectivity index is 0.000000252. The molecule has 5 aromatic rings. The van der Waals surface area contributed by atoms with Gasteiger partial charge in [0.05, 0.1) is 20.6 Å². The third-order valence-electron chi connectivity index (χ3n) is 7.42. The van der Waals surface area contributed by atoms with E-state index in [0.29, 0.717) is 16.9 Å². The van der Waals surface area contributed by atoms with Crippen molar-refractivity contribution >= 4 is 75.3 Å². The molecule has 0 aliphatic rings. The molecule has 5 rings (SSSR count). The molecule has 0 fully saturated rings. The normalized spacial score (nSPS) is 11.6. The third kappa shape index (κ3) is 7.15. The van der Waals surface area contributed by atoms with Crippen molar-refractivity contribution in [1.29, 1.82) is 0 Å². The van der Waals surface area contributed by atoms with Crippen LogP contribution in [0.3, 0.4) is 0 Å².